The fraction of sp³-hybridized carbons (Fsp3) is 0.273. The molecule has 27 heteroatoms. The summed E-state index contributed by atoms with van der Waals surface area (Å²) in [4.78, 5) is 13.2. The zero-order valence-electron chi connectivity index (χ0n) is 41.1. The molecule has 1 saturated carbocycles. The molecule has 2 nitrogen and oxygen atoms in total. The lowest BCUT2D eigenvalue weighted by Gasteiger charge is -2.46. The zero-order valence-corrected chi connectivity index (χ0v) is 41.1. The third-order valence-corrected chi connectivity index (χ3v) is 13.8. The maximum Gasteiger partial charge on any atom is 0.416 e. The Labute approximate surface area is 447 Å². The fourth-order valence-electron chi connectivity index (χ4n) is 10.1. The molecule has 0 bridgehead atoms. The number of hydrogen-bond acceptors (Lipinski definition) is 1. The van der Waals surface area contributed by atoms with Crippen LogP contribution in [-0.2, 0) is 56.0 Å². The predicted octanol–water partition coefficient (Wildman–Crippen LogP) is 16.2. The lowest BCUT2D eigenvalue weighted by atomic mass is 9.12. The van der Waals surface area contributed by atoms with E-state index < -0.39 is 195 Å². The molecular formula is C55H36BF24NO. The van der Waals surface area contributed by atoms with Crippen LogP contribution in [0, 0.1) is 5.92 Å². The Hall–Kier alpha value is -7.22. The van der Waals surface area contributed by atoms with Gasteiger partial charge in [-0.05, 0) is 49.2 Å². The van der Waals surface area contributed by atoms with Gasteiger partial charge < -0.3 is 0 Å². The number of hydrogen-bond donors (Lipinski definition) is 0. The van der Waals surface area contributed by atoms with Crippen molar-refractivity contribution in [2.24, 2.45) is 5.92 Å². The van der Waals surface area contributed by atoms with Gasteiger partial charge in [0.15, 0.2) is 6.54 Å². The summed E-state index contributed by atoms with van der Waals surface area (Å²) < 4.78 is 343. The van der Waals surface area contributed by atoms with Gasteiger partial charge in [-0.1, -0.05) is 110 Å². The highest BCUT2D eigenvalue weighted by Crippen LogP contribution is 2.42. The zero-order chi connectivity index (χ0) is 61.0. The van der Waals surface area contributed by atoms with Crippen LogP contribution in [0.15, 0.2) is 140 Å². The van der Waals surface area contributed by atoms with Gasteiger partial charge in [0.05, 0.1) is 44.5 Å². The van der Waals surface area contributed by atoms with Crippen LogP contribution in [0.25, 0.3) is 10.9 Å². The quantitative estimate of drug-likeness (QED) is 0.0643. The van der Waals surface area contributed by atoms with Crippen molar-refractivity contribution in [3.05, 3.63) is 195 Å². The fourth-order valence-corrected chi connectivity index (χ4v) is 10.1. The first kappa shape index (κ1) is 62.4. The number of rotatable bonds is 8. The Bertz CT molecular complexity index is 3010. The molecule has 0 saturated heterocycles. The highest BCUT2D eigenvalue weighted by atomic mass is 19.4. The predicted molar refractivity (Wildman–Crippen MR) is 251 cm³/mol. The second kappa shape index (κ2) is 22.2. The first-order chi connectivity index (χ1) is 37.6. The van der Waals surface area contributed by atoms with Gasteiger partial charge >= 0.3 is 49.4 Å². The van der Waals surface area contributed by atoms with E-state index in [1.165, 1.54) is 30.2 Å². The summed E-state index contributed by atoms with van der Waals surface area (Å²) in [5.74, 6) is 0.512. The van der Waals surface area contributed by atoms with Crippen molar-refractivity contribution in [3.63, 3.8) is 0 Å². The number of carbonyl (C=O) groups excluding carboxylic acids is 1. The van der Waals surface area contributed by atoms with Crippen molar-refractivity contribution in [1.82, 2.24) is 0 Å². The Morgan fingerprint density at radius 3 is 0.963 bits per heavy atom. The van der Waals surface area contributed by atoms with Crippen molar-refractivity contribution >= 4 is 44.7 Å². The summed E-state index contributed by atoms with van der Waals surface area (Å²) >= 11 is 0. The maximum atomic E-state index is 14.2. The molecule has 0 amide bonds. The number of nitrogens with zero attached hydrogens (tertiary/aromatic N) is 1. The van der Waals surface area contributed by atoms with E-state index in [1.54, 1.807) is 0 Å². The highest BCUT2D eigenvalue weighted by molar-refractivity contribution is 7.20. The molecule has 1 aromatic heterocycles. The average molecular weight is 1190 g/mol. The molecule has 438 valence electrons. The highest BCUT2D eigenvalue weighted by Gasteiger charge is 2.47. The van der Waals surface area contributed by atoms with Gasteiger partial charge in [-0.3, -0.25) is 4.79 Å². The van der Waals surface area contributed by atoms with Gasteiger partial charge in [0.1, 0.15) is 6.15 Å². The van der Waals surface area contributed by atoms with Crippen LogP contribution < -0.4 is 26.4 Å². The van der Waals surface area contributed by atoms with E-state index in [0.717, 1.165) is 30.6 Å². The standard InChI is InChI=1S/C32H12BF24.C23H24NO/c34-25(35,36)13-1-14(26(37,38)39)6-21(5-13)33(22-7-15(27(40,41)42)2-16(8-22)28(43,44)45,23-9-17(29(46,47)48)3-18(10-23)30(49,50)51)24-11-19(31(52,53)54)4-20(12-24)32(55,56)57;25-23(20-12-5-2-6-13-20)22-16-15-19-11-7-8-14-21(19)24(22)17-18-9-3-1-4-10-18/h1-12H;1,3-4,7-11,14-16,20H,2,5-6,12-13,17H2/q-1;+1. The molecule has 7 aromatic rings. The number of benzene rings is 6. The molecule has 1 aliphatic carbocycles. The van der Waals surface area contributed by atoms with Gasteiger partial charge in [0, 0.05) is 29.0 Å². The smallest absolute Gasteiger partial charge is 0.287 e. The minimum absolute atomic E-state index is 0.192. The van der Waals surface area contributed by atoms with Crippen LogP contribution in [0.2, 0.25) is 0 Å². The van der Waals surface area contributed by atoms with Crippen molar-refractivity contribution in [2.75, 3.05) is 0 Å². The maximum absolute atomic E-state index is 14.2. The van der Waals surface area contributed by atoms with E-state index in [-0.39, 0.29) is 5.92 Å². The Kier molecular flexibility index (Phi) is 16.9. The minimum Gasteiger partial charge on any atom is -0.287 e. The lowest BCUT2D eigenvalue weighted by molar-refractivity contribution is -0.664. The summed E-state index contributed by atoms with van der Waals surface area (Å²) in [5.41, 5.74) is -27.0. The number of halogens is 24. The normalized spacial score (nSPS) is 14.6. The van der Waals surface area contributed by atoms with Crippen molar-refractivity contribution < 1.29 is 115 Å². The second-order valence-electron chi connectivity index (χ2n) is 19.3. The number of Topliss-reactive ketones (excluding diaryl/α,β-unsaturated/α-hetero) is 1. The van der Waals surface area contributed by atoms with Crippen molar-refractivity contribution in [1.29, 1.82) is 0 Å². The van der Waals surface area contributed by atoms with Crippen molar-refractivity contribution in [2.45, 2.75) is 88.1 Å². The number of ketones is 1. The van der Waals surface area contributed by atoms with Crippen LogP contribution in [0.1, 0.15) is 92.7 Å². The largest absolute Gasteiger partial charge is 0.416 e. The molecule has 0 aliphatic heterocycles. The molecular weight excluding hydrogens is 1160 g/mol. The molecule has 82 heavy (non-hydrogen) atoms. The van der Waals surface area contributed by atoms with E-state index in [0.29, 0.717) is 5.78 Å². The number of para-hydroxylation sites is 1. The van der Waals surface area contributed by atoms with E-state index in [1.807, 2.05) is 12.1 Å². The van der Waals surface area contributed by atoms with E-state index in [9.17, 15) is 110 Å². The third-order valence-electron chi connectivity index (χ3n) is 13.8. The number of fused-ring (bicyclic) bond motifs is 1. The number of aromatic nitrogens is 1. The first-order valence-corrected chi connectivity index (χ1v) is 23.9. The van der Waals surface area contributed by atoms with Gasteiger partial charge in [0.25, 0.3) is 0 Å². The lowest BCUT2D eigenvalue weighted by Crippen LogP contribution is -2.75. The molecule has 0 atom stereocenters. The molecule has 1 fully saturated rings. The monoisotopic (exact) mass is 1190 g/mol. The summed E-state index contributed by atoms with van der Waals surface area (Å²) in [6.07, 6.45) is -49.1. The van der Waals surface area contributed by atoms with Crippen LogP contribution >= 0.6 is 0 Å². The van der Waals surface area contributed by atoms with E-state index in [4.69, 9.17) is 0 Å². The number of pyridine rings is 1. The average Bonchev–Trinajstić information content (AvgIpc) is 3.09. The van der Waals surface area contributed by atoms with Gasteiger partial charge in [-0.25, -0.2) is 0 Å². The van der Waals surface area contributed by atoms with Gasteiger partial charge in [-0.2, -0.15) is 132 Å². The third kappa shape index (κ3) is 13.8. The molecule has 6 aromatic carbocycles. The number of alkyl halides is 24. The van der Waals surface area contributed by atoms with Crippen LogP contribution in [0.4, 0.5) is 105 Å². The summed E-state index contributed by atoms with van der Waals surface area (Å²) in [6, 6.07) is 14.1. The number of carbonyl (C=O) groups is 1. The van der Waals surface area contributed by atoms with Gasteiger partial charge in [-0.15, -0.1) is 0 Å². The first-order valence-electron chi connectivity index (χ1n) is 23.9. The SMILES string of the molecule is FC(F)(F)c1cc([B-](c2cc(C(F)(F)F)cc(C(F)(F)F)c2)(c2cc(C(F)(F)F)cc(C(F)(F)F)c2)c2cc(C(F)(F)F)cc(C(F)(F)F)c2)cc(C(F)(F)F)c1.O=C(c1ccc2ccccc2[n+]1Cc1ccccc1)C1CCCCC1. The minimum atomic E-state index is -6.13. The Morgan fingerprint density at radius 2 is 0.659 bits per heavy atom. The summed E-state index contributed by atoms with van der Waals surface area (Å²) in [5, 5.41) is 1.18. The topological polar surface area (TPSA) is 20.9 Å². The van der Waals surface area contributed by atoms with Crippen LogP contribution in [-0.4, -0.2) is 11.9 Å². The molecule has 8 rings (SSSR count). The van der Waals surface area contributed by atoms with Crippen LogP contribution in [0.3, 0.4) is 0 Å². The summed E-state index contributed by atoms with van der Waals surface area (Å²) in [6.45, 7) is 0.732. The Balaban J connectivity index is 0.000000318. The van der Waals surface area contributed by atoms with Crippen molar-refractivity contribution in [3.8, 4) is 0 Å². The van der Waals surface area contributed by atoms with Crippen LogP contribution in [0.5, 0.6) is 0 Å². The summed E-state index contributed by atoms with van der Waals surface area (Å²) in [7, 11) is 0. The van der Waals surface area contributed by atoms with E-state index in [2.05, 4.69) is 59.2 Å². The molecule has 1 aliphatic rings. The van der Waals surface area contributed by atoms with E-state index >= 15 is 0 Å². The Morgan fingerprint density at radius 1 is 0.366 bits per heavy atom. The molecule has 0 N–H and O–H groups in total. The second-order valence-corrected chi connectivity index (χ2v) is 19.3. The molecule has 0 spiro atoms. The molecule has 0 radical (unpaired) electrons. The molecule has 0 unspecified atom stereocenters. The molecule has 1 heterocycles. The van der Waals surface area contributed by atoms with Gasteiger partial charge in [0.2, 0.25) is 17.0 Å².